The summed E-state index contributed by atoms with van der Waals surface area (Å²) in [5.74, 6) is -0.555. The Hall–Kier alpha value is -1.91. The van der Waals surface area contributed by atoms with E-state index in [4.69, 9.17) is 4.74 Å². The van der Waals surface area contributed by atoms with Gasteiger partial charge in [0.15, 0.2) is 0 Å². The fraction of sp³-hybridized carbons (Fsp3) is 0.553. The second-order valence-electron chi connectivity index (χ2n) is 13.4. The summed E-state index contributed by atoms with van der Waals surface area (Å²) in [6.07, 6.45) is 9.89. The number of allylic oxidation sites excluding steroid dienone is 2. The topological polar surface area (TPSA) is 94.6 Å². The summed E-state index contributed by atoms with van der Waals surface area (Å²) in [7, 11) is -9.00. The molecule has 0 saturated carbocycles. The van der Waals surface area contributed by atoms with Gasteiger partial charge in [-0.2, -0.15) is 0 Å². The molecule has 0 aliphatic rings. The van der Waals surface area contributed by atoms with E-state index in [1.807, 2.05) is 6.08 Å². The van der Waals surface area contributed by atoms with Crippen molar-refractivity contribution in [3.63, 3.8) is 0 Å². The molecule has 262 valence electrons. The van der Waals surface area contributed by atoms with Gasteiger partial charge in [-0.05, 0) is 0 Å². The Morgan fingerprint density at radius 2 is 1.19 bits per heavy atom. The average molecular weight is 794 g/mol. The third-order valence-corrected chi connectivity index (χ3v) is 31.1. The molecule has 1 atom stereocenters. The van der Waals surface area contributed by atoms with Crippen LogP contribution >= 0.6 is 0 Å². The molecule has 1 unspecified atom stereocenters. The van der Waals surface area contributed by atoms with E-state index in [9.17, 15) is 21.6 Å². The van der Waals surface area contributed by atoms with Gasteiger partial charge < -0.3 is 0 Å². The van der Waals surface area contributed by atoms with E-state index in [-0.39, 0.29) is 29.1 Å². The molecule has 0 aliphatic heterocycles. The van der Waals surface area contributed by atoms with Gasteiger partial charge in [-0.25, -0.2) is 0 Å². The monoisotopic (exact) mass is 794 g/mol. The van der Waals surface area contributed by atoms with Crippen LogP contribution in [-0.2, 0) is 29.2 Å². The van der Waals surface area contributed by atoms with Gasteiger partial charge >= 0.3 is 292 Å². The van der Waals surface area contributed by atoms with Crippen molar-refractivity contribution in [2.45, 2.75) is 137 Å². The van der Waals surface area contributed by atoms with Crippen LogP contribution in [0.2, 0.25) is 17.7 Å². The molecule has 2 aromatic rings. The Labute approximate surface area is 290 Å². The van der Waals surface area contributed by atoms with E-state index in [0.29, 0.717) is 0 Å². The minimum atomic E-state index is -4.50. The molecule has 2 rings (SSSR count). The summed E-state index contributed by atoms with van der Waals surface area (Å²) in [5, 5.41) is 0. The molecule has 9 heteroatoms. The van der Waals surface area contributed by atoms with Crippen LogP contribution in [0.5, 0.6) is 0 Å². The number of sulfone groups is 2. The van der Waals surface area contributed by atoms with E-state index in [1.165, 1.54) is 69.8 Å². The molecule has 0 heterocycles. The van der Waals surface area contributed by atoms with Gasteiger partial charge in [0.1, 0.15) is 0 Å². The van der Waals surface area contributed by atoms with E-state index in [0.717, 1.165) is 29.3 Å². The Balaban J connectivity index is 2.85. The Kier molecular flexibility index (Phi) is 16.5. The summed E-state index contributed by atoms with van der Waals surface area (Å²) < 4.78 is 67.8. The van der Waals surface area contributed by atoms with E-state index in [2.05, 4.69) is 34.3 Å². The fourth-order valence-electron chi connectivity index (χ4n) is 6.61. The van der Waals surface area contributed by atoms with Crippen molar-refractivity contribution in [2.75, 3.05) is 0 Å². The molecule has 0 saturated heterocycles. The second kappa shape index (κ2) is 18.7. The van der Waals surface area contributed by atoms with Crippen LogP contribution in [-0.4, -0.2) is 50.9 Å². The van der Waals surface area contributed by atoms with Crippen molar-refractivity contribution in [3.8, 4) is 0 Å². The van der Waals surface area contributed by atoms with Crippen LogP contribution in [0.1, 0.15) is 99.3 Å². The molecule has 47 heavy (non-hydrogen) atoms. The van der Waals surface area contributed by atoms with Crippen molar-refractivity contribution in [1.82, 2.24) is 0 Å². The van der Waals surface area contributed by atoms with Crippen molar-refractivity contribution in [2.24, 2.45) is 0 Å². The number of hydrogen-bond donors (Lipinski definition) is 0. The maximum absolute atomic E-state index is 14.9. The Bertz CT molecular complexity index is 1430. The second-order valence-corrected chi connectivity index (χ2v) is 32.0. The number of carbonyl (C=O) groups is 1. The number of carbonyl (C=O) groups excluding carboxylic acids is 1. The minimum absolute atomic E-state index is 0.0479. The number of ether oxygens (including phenoxy) is 1. The van der Waals surface area contributed by atoms with Gasteiger partial charge in [0.2, 0.25) is 0 Å². The molecule has 0 aromatic heterocycles. The van der Waals surface area contributed by atoms with Gasteiger partial charge in [0.05, 0.1) is 0 Å². The molecular formula is C38H58O6S2Sn. The van der Waals surface area contributed by atoms with Crippen LogP contribution in [0, 0.1) is 0 Å². The Morgan fingerprint density at radius 3 is 1.55 bits per heavy atom. The average Bonchev–Trinajstić information content (AvgIpc) is 3.05. The summed E-state index contributed by atoms with van der Waals surface area (Å²) in [6.45, 7) is 15.5. The first kappa shape index (κ1) is 41.3. The predicted octanol–water partition coefficient (Wildman–Crippen LogP) is 10.1. The number of benzene rings is 2. The first-order chi connectivity index (χ1) is 22.2. The van der Waals surface area contributed by atoms with E-state index >= 15 is 0 Å². The zero-order chi connectivity index (χ0) is 35.2. The van der Waals surface area contributed by atoms with Crippen molar-refractivity contribution >= 4 is 44.0 Å². The van der Waals surface area contributed by atoms with Gasteiger partial charge in [-0.1, -0.05) is 0 Å². The molecule has 0 bridgehead atoms. The number of hydrogen-bond acceptors (Lipinski definition) is 6. The van der Waals surface area contributed by atoms with Crippen LogP contribution < -0.4 is 0 Å². The molecule has 0 fully saturated rings. The first-order valence-electron chi connectivity index (χ1n) is 17.3. The SMILES string of the molecule is C=CC(C)(CCC(C/C=C(/C)[CH2][Sn]([CH2]CCC)([CH2]CCC)[CH2]CCC)(S(=O)(=O)c1ccccc1)S(=O)(=O)c1ccccc1)OC(C)=O. The molecule has 6 nitrogen and oxygen atoms in total. The van der Waals surface area contributed by atoms with Crippen LogP contribution in [0.3, 0.4) is 0 Å². The number of unbranched alkanes of at least 4 members (excludes halogenated alkanes) is 3. The van der Waals surface area contributed by atoms with Gasteiger partial charge in [-0.15, -0.1) is 0 Å². The molecule has 0 N–H and O–H groups in total. The van der Waals surface area contributed by atoms with Crippen molar-refractivity contribution in [1.29, 1.82) is 0 Å². The van der Waals surface area contributed by atoms with Crippen molar-refractivity contribution in [3.05, 3.63) is 85.0 Å². The Morgan fingerprint density at radius 1 is 0.766 bits per heavy atom. The van der Waals surface area contributed by atoms with E-state index < -0.39 is 53.7 Å². The molecule has 2 aromatic carbocycles. The van der Waals surface area contributed by atoms with Crippen LogP contribution in [0.4, 0.5) is 0 Å². The molecule has 0 amide bonds. The normalized spacial score (nSPS) is 14.4. The standard InChI is InChI=1S/C26H31O6S2.3C4H9.Sn/c1-6-25(5,32-22(4)27)19-20-26(18-17-21(2)3,33(28,29)23-13-9-7-10-14-23)34(30,31)24-15-11-8-12-16-24;3*1-3-4-2;/h6-17H,1-2,18-20H2,3-5H3;3*1,3-4H2,2H3;/b21-17+;;;;. The maximum atomic E-state index is 14.9. The predicted molar refractivity (Wildman–Crippen MR) is 198 cm³/mol. The van der Waals surface area contributed by atoms with Gasteiger partial charge in [-0.3, -0.25) is 0 Å². The fourth-order valence-corrected chi connectivity index (χ4v) is 28.5. The third kappa shape index (κ3) is 10.8. The van der Waals surface area contributed by atoms with E-state index in [1.54, 1.807) is 43.3 Å². The molecule has 0 aliphatic carbocycles. The summed E-state index contributed by atoms with van der Waals surface area (Å²) in [6, 6.07) is 15.7. The quantitative estimate of drug-likeness (QED) is 0.0670. The molecular weight excluding hydrogens is 735 g/mol. The molecule has 0 radical (unpaired) electrons. The zero-order valence-corrected chi connectivity index (χ0v) is 34.1. The summed E-state index contributed by atoms with van der Waals surface area (Å²) >= 11 is -2.68. The van der Waals surface area contributed by atoms with Crippen LogP contribution in [0.25, 0.3) is 0 Å². The van der Waals surface area contributed by atoms with Gasteiger partial charge in [0.25, 0.3) is 0 Å². The number of esters is 1. The summed E-state index contributed by atoms with van der Waals surface area (Å²) in [4.78, 5) is 11.9. The van der Waals surface area contributed by atoms with Crippen LogP contribution in [0.15, 0.2) is 94.8 Å². The summed E-state index contributed by atoms with van der Waals surface area (Å²) in [5.41, 5.74) is -0.174. The molecule has 0 spiro atoms. The number of rotatable bonds is 22. The van der Waals surface area contributed by atoms with Crippen molar-refractivity contribution < 1.29 is 26.4 Å². The zero-order valence-electron chi connectivity index (χ0n) is 29.6. The first-order valence-corrected chi connectivity index (χ1v) is 28.3. The van der Waals surface area contributed by atoms with Gasteiger partial charge in [0, 0.05) is 0 Å². The third-order valence-electron chi connectivity index (χ3n) is 9.49.